The van der Waals surface area contributed by atoms with E-state index in [9.17, 15) is 4.79 Å². The van der Waals surface area contributed by atoms with Gasteiger partial charge in [0, 0.05) is 13.0 Å². The minimum Gasteiger partial charge on any atom is -0.356 e. The normalized spacial score (nSPS) is 11.3. The van der Waals surface area contributed by atoms with E-state index in [0.29, 0.717) is 24.6 Å². The second-order valence-corrected chi connectivity index (χ2v) is 7.51. The first kappa shape index (κ1) is 27.0. The third-order valence-corrected chi connectivity index (χ3v) is 3.70. The molecule has 1 rings (SSSR count). The Bertz CT molecular complexity index is 454. The largest absolute Gasteiger partial charge is 0.356 e. The zero-order valence-electron chi connectivity index (χ0n) is 17.7. The fourth-order valence-electron chi connectivity index (χ4n) is 2.03. The van der Waals surface area contributed by atoms with Gasteiger partial charge in [0.05, 0.1) is 5.69 Å². The number of thiol groups is 1. The van der Waals surface area contributed by atoms with Crippen LogP contribution < -0.4 is 10.8 Å². The molecule has 3 N–H and O–H groups in total. The molecule has 1 atom stereocenters. The van der Waals surface area contributed by atoms with Gasteiger partial charge in [0.15, 0.2) is 0 Å². The fraction of sp³-hybridized carbons (Fsp3) is 0.667. The summed E-state index contributed by atoms with van der Waals surface area (Å²) in [5, 5.41) is 11.7. The van der Waals surface area contributed by atoms with Crippen LogP contribution in [0, 0.1) is 5.41 Å². The molecule has 1 amide bonds. The predicted molar refractivity (Wildman–Crippen MR) is 117 cm³/mol. The van der Waals surface area contributed by atoms with Crippen LogP contribution in [0.3, 0.4) is 0 Å². The van der Waals surface area contributed by atoms with E-state index in [1.807, 2.05) is 24.3 Å². The van der Waals surface area contributed by atoms with E-state index < -0.39 is 0 Å². The molecular weight excluding hydrogens is 344 g/mol. The highest BCUT2D eigenvalue weighted by Crippen LogP contribution is 2.21. The molecule has 1 aromatic rings. The summed E-state index contributed by atoms with van der Waals surface area (Å²) in [5.41, 5.74) is 4.03. The lowest BCUT2D eigenvalue weighted by atomic mass is 9.92. The summed E-state index contributed by atoms with van der Waals surface area (Å²) in [6, 6.07) is 7.65. The van der Waals surface area contributed by atoms with Crippen molar-refractivity contribution in [3.63, 3.8) is 0 Å². The third-order valence-electron chi connectivity index (χ3n) is 3.70. The third kappa shape index (κ3) is 15.1. The first-order valence-corrected chi connectivity index (χ1v) is 10.3. The van der Waals surface area contributed by atoms with Crippen LogP contribution >= 0.6 is 12.6 Å². The molecular formula is C21H40N2O2S. The molecule has 0 aliphatic carbocycles. The van der Waals surface area contributed by atoms with Gasteiger partial charge in [0.1, 0.15) is 0 Å². The van der Waals surface area contributed by atoms with Crippen molar-refractivity contribution < 1.29 is 10.0 Å². The lowest BCUT2D eigenvalue weighted by Crippen LogP contribution is -2.28. The van der Waals surface area contributed by atoms with Gasteiger partial charge in [-0.05, 0) is 41.7 Å². The molecule has 0 bridgehead atoms. The van der Waals surface area contributed by atoms with Crippen molar-refractivity contribution in [3.8, 4) is 0 Å². The molecule has 0 heterocycles. The van der Waals surface area contributed by atoms with E-state index in [1.54, 1.807) is 6.26 Å². The molecule has 0 spiro atoms. The number of benzene rings is 1. The molecule has 0 aliphatic heterocycles. The minimum atomic E-state index is 0.0306. The molecule has 0 aromatic heterocycles. The second kappa shape index (κ2) is 16.0. The van der Waals surface area contributed by atoms with E-state index in [-0.39, 0.29) is 11.3 Å². The zero-order chi connectivity index (χ0) is 20.6. The van der Waals surface area contributed by atoms with Crippen LogP contribution in [0.15, 0.2) is 24.3 Å². The molecule has 4 nitrogen and oxygen atoms in total. The van der Waals surface area contributed by atoms with Crippen molar-refractivity contribution in [2.45, 2.75) is 73.1 Å². The first-order valence-electron chi connectivity index (χ1n) is 9.45. The van der Waals surface area contributed by atoms with Gasteiger partial charge in [0.25, 0.3) is 0 Å². The summed E-state index contributed by atoms with van der Waals surface area (Å²) in [4.78, 5) is 11.7. The minimum absolute atomic E-state index is 0.0306. The fourth-order valence-corrected chi connectivity index (χ4v) is 2.03. The molecule has 0 saturated heterocycles. The Morgan fingerprint density at radius 2 is 1.62 bits per heavy atom. The number of hydrogen-bond acceptors (Lipinski definition) is 4. The summed E-state index contributed by atoms with van der Waals surface area (Å²) >= 11 is 3.53. The predicted octanol–water partition coefficient (Wildman–Crippen LogP) is 5.89. The molecule has 1 unspecified atom stereocenters. The molecule has 1 aromatic carbocycles. The van der Waals surface area contributed by atoms with Crippen LogP contribution in [0.2, 0.25) is 0 Å². The maximum absolute atomic E-state index is 11.7. The van der Waals surface area contributed by atoms with Gasteiger partial charge in [-0.15, -0.1) is 0 Å². The van der Waals surface area contributed by atoms with Crippen molar-refractivity contribution >= 4 is 24.2 Å². The number of amides is 1. The van der Waals surface area contributed by atoms with E-state index in [0.717, 1.165) is 6.42 Å². The monoisotopic (exact) mass is 384 g/mol. The Morgan fingerprint density at radius 1 is 1.12 bits per heavy atom. The summed E-state index contributed by atoms with van der Waals surface area (Å²) in [7, 11) is 0. The molecule has 0 fully saturated rings. The lowest BCUT2D eigenvalue weighted by molar-refractivity contribution is -0.122. The Hall–Kier alpha value is -1.20. The molecule has 26 heavy (non-hydrogen) atoms. The summed E-state index contributed by atoms with van der Waals surface area (Å²) in [6.45, 7) is 13.4. The van der Waals surface area contributed by atoms with E-state index in [1.165, 1.54) is 18.4 Å². The number of carbonyl (C=O) groups is 1. The highest BCUT2D eigenvalue weighted by Gasteiger charge is 2.15. The number of nitrogens with one attached hydrogen (secondary N) is 2. The number of hydrogen-bond donors (Lipinski definition) is 4. The summed E-state index contributed by atoms with van der Waals surface area (Å²) in [6.07, 6.45) is 5.79. The smallest absolute Gasteiger partial charge is 0.220 e. The number of anilines is 1. The topological polar surface area (TPSA) is 61.4 Å². The van der Waals surface area contributed by atoms with Crippen molar-refractivity contribution in [2.24, 2.45) is 5.41 Å². The van der Waals surface area contributed by atoms with Crippen LogP contribution in [-0.4, -0.2) is 23.9 Å². The van der Waals surface area contributed by atoms with E-state index in [2.05, 4.69) is 65.0 Å². The van der Waals surface area contributed by atoms with Crippen LogP contribution in [-0.2, 0) is 4.79 Å². The Kier molecular flexibility index (Phi) is 16.6. The highest BCUT2D eigenvalue weighted by molar-refractivity contribution is 7.79. The van der Waals surface area contributed by atoms with Crippen LogP contribution in [0.5, 0.6) is 0 Å². The molecule has 0 saturated carbocycles. The standard InChI is InChI=1S/C16H26N2O2.C4H10.CH4S/c1-12(13-5-7-14(18-20)8-6-13)9-10-17-15(19)11-16(2,3)4;1-3-4-2;1-2/h5-8,12,18,20H,9-11H2,1-4H3,(H,17,19);3-4H2,1-2H3;2H,1H3. The van der Waals surface area contributed by atoms with Gasteiger partial charge in [-0.1, -0.05) is 66.5 Å². The maximum atomic E-state index is 11.7. The van der Waals surface area contributed by atoms with Gasteiger partial charge in [-0.3, -0.25) is 15.5 Å². The summed E-state index contributed by atoms with van der Waals surface area (Å²) < 4.78 is 0. The average molecular weight is 385 g/mol. The van der Waals surface area contributed by atoms with Gasteiger partial charge < -0.3 is 5.32 Å². The maximum Gasteiger partial charge on any atom is 0.220 e. The van der Waals surface area contributed by atoms with Gasteiger partial charge >= 0.3 is 0 Å². The van der Waals surface area contributed by atoms with Crippen LogP contribution in [0.4, 0.5) is 5.69 Å². The van der Waals surface area contributed by atoms with Gasteiger partial charge in [-0.2, -0.15) is 12.6 Å². The van der Waals surface area contributed by atoms with E-state index >= 15 is 0 Å². The Labute approximate surface area is 166 Å². The molecule has 152 valence electrons. The van der Waals surface area contributed by atoms with Crippen molar-refractivity contribution in [1.82, 2.24) is 5.32 Å². The number of rotatable bonds is 7. The average Bonchev–Trinajstić information content (AvgIpc) is 2.62. The molecule has 0 radical (unpaired) electrons. The Morgan fingerprint density at radius 3 is 2.00 bits per heavy atom. The van der Waals surface area contributed by atoms with Crippen molar-refractivity contribution in [1.29, 1.82) is 0 Å². The van der Waals surface area contributed by atoms with Crippen LogP contribution in [0.1, 0.15) is 78.7 Å². The van der Waals surface area contributed by atoms with Crippen molar-refractivity contribution in [2.75, 3.05) is 18.3 Å². The lowest BCUT2D eigenvalue weighted by Gasteiger charge is -2.18. The number of carbonyl (C=O) groups excluding carboxylic acids is 1. The number of unbranched alkanes of at least 4 members (excludes halogenated alkanes) is 1. The van der Waals surface area contributed by atoms with Gasteiger partial charge in [0.2, 0.25) is 5.91 Å². The highest BCUT2D eigenvalue weighted by atomic mass is 32.1. The zero-order valence-corrected chi connectivity index (χ0v) is 18.6. The SMILES string of the molecule is CC(CCNC(=O)CC(C)(C)C)c1ccc(NO)cc1.CCCC.CS. The second-order valence-electron chi connectivity index (χ2n) is 7.51. The quantitative estimate of drug-likeness (QED) is 0.350. The van der Waals surface area contributed by atoms with Crippen molar-refractivity contribution in [3.05, 3.63) is 29.8 Å². The summed E-state index contributed by atoms with van der Waals surface area (Å²) in [5.74, 6) is 0.488. The van der Waals surface area contributed by atoms with Gasteiger partial charge in [-0.25, -0.2) is 0 Å². The molecule has 0 aliphatic rings. The first-order chi connectivity index (χ1) is 12.2. The Balaban J connectivity index is 0. The van der Waals surface area contributed by atoms with E-state index in [4.69, 9.17) is 5.21 Å². The molecule has 5 heteroatoms. The van der Waals surface area contributed by atoms with Crippen LogP contribution in [0.25, 0.3) is 0 Å².